The van der Waals surface area contributed by atoms with Crippen molar-refractivity contribution in [3.8, 4) is 0 Å². The molecule has 0 aliphatic heterocycles. The molecule has 0 spiro atoms. The van der Waals surface area contributed by atoms with E-state index in [1.165, 1.54) is 4.90 Å². The Morgan fingerprint density at radius 1 is 1.53 bits per heavy atom. The Hall–Kier alpha value is -0.950. The minimum Gasteiger partial charge on any atom is -0.479 e. The number of aliphatic carboxylic acids is 1. The van der Waals surface area contributed by atoms with Crippen LogP contribution in [0, 0.1) is 0 Å². The topological polar surface area (TPSA) is 89.9 Å². The minimum absolute atomic E-state index is 0.280. The second kappa shape index (κ2) is 7.36. The molecule has 0 aliphatic carbocycles. The van der Waals surface area contributed by atoms with Gasteiger partial charge in [0.1, 0.15) is 0 Å². The lowest BCUT2D eigenvalue weighted by molar-refractivity contribution is -0.146. The van der Waals surface area contributed by atoms with Crippen molar-refractivity contribution in [3.05, 3.63) is 0 Å². The fourth-order valence-electron chi connectivity index (χ4n) is 0.736. The molecule has 0 fully saturated rings. The Morgan fingerprint density at radius 2 is 2.13 bits per heavy atom. The summed E-state index contributed by atoms with van der Waals surface area (Å²) in [6.07, 6.45) is 0.378. The quantitative estimate of drug-likeness (QED) is 0.575. The number of carboxylic acid groups (broad SMARTS) is 1. The highest BCUT2D eigenvalue weighted by Crippen LogP contribution is 1.93. The van der Waals surface area contributed by atoms with Crippen LogP contribution in [0.25, 0.3) is 0 Å². The largest absolute Gasteiger partial charge is 0.479 e. The number of urea groups is 1. The molecule has 0 rings (SSSR count). The zero-order chi connectivity index (χ0) is 11.8. The summed E-state index contributed by atoms with van der Waals surface area (Å²) >= 11 is 1.61. The molecule has 0 heterocycles. The molecular weight excluding hydrogens is 220 g/mol. The molecule has 3 N–H and O–H groups in total. The number of nitrogens with zero attached hydrogens (tertiary/aromatic N) is 1. The van der Waals surface area contributed by atoms with E-state index in [0.717, 1.165) is 5.75 Å². The number of carboxylic acids is 1. The van der Waals surface area contributed by atoms with E-state index in [-0.39, 0.29) is 12.6 Å². The highest BCUT2D eigenvalue weighted by Gasteiger charge is 2.15. The van der Waals surface area contributed by atoms with Crippen LogP contribution in [-0.2, 0) is 4.79 Å². The third-order valence-electron chi connectivity index (χ3n) is 1.71. The number of hydrogen-bond donors (Lipinski definition) is 3. The number of nitrogens with one attached hydrogen (secondary N) is 1. The summed E-state index contributed by atoms with van der Waals surface area (Å²) in [4.78, 5) is 22.9. The molecule has 15 heavy (non-hydrogen) atoms. The summed E-state index contributed by atoms with van der Waals surface area (Å²) in [6, 6.07) is -0.385. The van der Waals surface area contributed by atoms with Gasteiger partial charge in [-0.05, 0) is 6.26 Å². The van der Waals surface area contributed by atoms with Crippen LogP contribution in [0.5, 0.6) is 0 Å². The summed E-state index contributed by atoms with van der Waals surface area (Å²) in [5.74, 6) is -0.534. The summed E-state index contributed by atoms with van der Waals surface area (Å²) < 4.78 is 0. The van der Waals surface area contributed by atoms with E-state index in [1.807, 2.05) is 6.26 Å². The Bertz CT molecular complexity index is 225. The molecule has 0 aromatic carbocycles. The summed E-state index contributed by atoms with van der Waals surface area (Å²) in [6.45, 7) is 0.300. The van der Waals surface area contributed by atoms with Gasteiger partial charge in [0.05, 0.1) is 6.54 Å². The molecule has 88 valence electrons. The SMILES string of the molecule is CSCCN(C)C(=O)NCC(O)C(=O)O. The van der Waals surface area contributed by atoms with E-state index in [4.69, 9.17) is 10.2 Å². The van der Waals surface area contributed by atoms with Crippen molar-refractivity contribution in [1.29, 1.82) is 0 Å². The van der Waals surface area contributed by atoms with E-state index in [1.54, 1.807) is 18.8 Å². The first-order chi connectivity index (χ1) is 6.99. The molecule has 0 saturated carbocycles. The van der Waals surface area contributed by atoms with Crippen molar-refractivity contribution in [2.24, 2.45) is 0 Å². The Balaban J connectivity index is 3.77. The third kappa shape index (κ3) is 6.19. The van der Waals surface area contributed by atoms with Gasteiger partial charge in [0.15, 0.2) is 6.10 Å². The van der Waals surface area contributed by atoms with Crippen molar-refractivity contribution < 1.29 is 19.8 Å². The molecule has 0 bridgehead atoms. The predicted molar refractivity (Wildman–Crippen MR) is 58.1 cm³/mol. The smallest absolute Gasteiger partial charge is 0.334 e. The van der Waals surface area contributed by atoms with Gasteiger partial charge < -0.3 is 20.4 Å². The van der Waals surface area contributed by atoms with Crippen molar-refractivity contribution in [3.63, 3.8) is 0 Å². The molecule has 1 unspecified atom stereocenters. The molecular formula is C8H16N2O4S. The van der Waals surface area contributed by atoms with Gasteiger partial charge in [0.25, 0.3) is 0 Å². The number of hydrogen-bond acceptors (Lipinski definition) is 4. The lowest BCUT2D eigenvalue weighted by Crippen LogP contribution is -2.43. The van der Waals surface area contributed by atoms with Gasteiger partial charge in [-0.15, -0.1) is 0 Å². The lowest BCUT2D eigenvalue weighted by Gasteiger charge is -2.17. The second-order valence-corrected chi connectivity index (χ2v) is 3.94. The summed E-state index contributed by atoms with van der Waals surface area (Å²) in [7, 11) is 1.61. The summed E-state index contributed by atoms with van der Waals surface area (Å²) in [5.41, 5.74) is 0. The first-order valence-corrected chi connectivity index (χ1v) is 5.77. The average molecular weight is 236 g/mol. The van der Waals surface area contributed by atoms with Gasteiger partial charge in [0.2, 0.25) is 0 Å². The highest BCUT2D eigenvalue weighted by molar-refractivity contribution is 7.98. The molecule has 0 aromatic rings. The molecule has 0 saturated heterocycles. The van der Waals surface area contributed by atoms with Crippen LogP contribution in [0.2, 0.25) is 0 Å². The molecule has 2 amide bonds. The van der Waals surface area contributed by atoms with Crippen LogP contribution in [0.15, 0.2) is 0 Å². The maximum Gasteiger partial charge on any atom is 0.334 e. The van der Waals surface area contributed by atoms with Gasteiger partial charge >= 0.3 is 12.0 Å². The molecule has 0 aliphatic rings. The van der Waals surface area contributed by atoms with E-state index >= 15 is 0 Å². The van der Waals surface area contributed by atoms with Crippen molar-refractivity contribution in [2.75, 3.05) is 32.1 Å². The predicted octanol–water partition coefficient (Wildman–Crippen LogP) is -0.564. The second-order valence-electron chi connectivity index (χ2n) is 2.95. The molecule has 0 aromatic heterocycles. The van der Waals surface area contributed by atoms with Gasteiger partial charge in [-0.3, -0.25) is 0 Å². The molecule has 0 radical (unpaired) electrons. The van der Waals surface area contributed by atoms with Gasteiger partial charge in [0, 0.05) is 19.3 Å². The van der Waals surface area contributed by atoms with Gasteiger partial charge in [-0.2, -0.15) is 11.8 Å². The number of aliphatic hydroxyl groups is 1. The maximum atomic E-state index is 11.3. The number of carbonyl (C=O) groups is 2. The first-order valence-electron chi connectivity index (χ1n) is 4.37. The number of thioether (sulfide) groups is 1. The Labute approximate surface area is 92.6 Å². The van der Waals surface area contributed by atoms with Crippen LogP contribution in [0.1, 0.15) is 0 Å². The van der Waals surface area contributed by atoms with Crippen LogP contribution in [0.4, 0.5) is 4.79 Å². The Morgan fingerprint density at radius 3 is 2.60 bits per heavy atom. The van der Waals surface area contributed by atoms with Crippen LogP contribution >= 0.6 is 11.8 Å². The normalized spacial score (nSPS) is 11.9. The van der Waals surface area contributed by atoms with E-state index < -0.39 is 12.1 Å². The monoisotopic (exact) mass is 236 g/mol. The standard InChI is InChI=1S/C8H16N2O4S/c1-10(3-4-15-2)8(14)9-5-6(11)7(12)13/h6,11H,3-5H2,1-2H3,(H,9,14)(H,12,13). The molecule has 7 heteroatoms. The van der Waals surface area contributed by atoms with Gasteiger partial charge in [-0.25, -0.2) is 9.59 Å². The van der Waals surface area contributed by atoms with E-state index in [9.17, 15) is 9.59 Å². The van der Waals surface area contributed by atoms with Crippen LogP contribution in [-0.4, -0.2) is 65.4 Å². The Kier molecular flexibility index (Phi) is 6.89. The zero-order valence-corrected chi connectivity index (χ0v) is 9.58. The number of rotatable bonds is 6. The van der Waals surface area contributed by atoms with E-state index in [2.05, 4.69) is 5.32 Å². The fraction of sp³-hybridized carbons (Fsp3) is 0.750. The lowest BCUT2D eigenvalue weighted by atomic mass is 10.3. The number of amides is 2. The first kappa shape index (κ1) is 14.1. The maximum absolute atomic E-state index is 11.3. The average Bonchev–Trinajstić information content (AvgIpc) is 2.21. The van der Waals surface area contributed by atoms with Crippen molar-refractivity contribution in [2.45, 2.75) is 6.10 Å². The fourth-order valence-corrected chi connectivity index (χ4v) is 1.19. The third-order valence-corrected chi connectivity index (χ3v) is 2.30. The van der Waals surface area contributed by atoms with Gasteiger partial charge in [-0.1, -0.05) is 0 Å². The summed E-state index contributed by atoms with van der Waals surface area (Å²) in [5, 5.41) is 19.6. The van der Waals surface area contributed by atoms with Crippen molar-refractivity contribution >= 4 is 23.8 Å². The minimum atomic E-state index is -1.55. The highest BCUT2D eigenvalue weighted by atomic mass is 32.2. The van der Waals surface area contributed by atoms with E-state index in [0.29, 0.717) is 6.54 Å². The number of aliphatic hydroxyl groups excluding tert-OH is 1. The van der Waals surface area contributed by atoms with Crippen molar-refractivity contribution in [1.82, 2.24) is 10.2 Å². The molecule has 1 atom stereocenters. The zero-order valence-electron chi connectivity index (χ0n) is 8.77. The number of carbonyl (C=O) groups excluding carboxylic acids is 1. The molecule has 6 nitrogen and oxygen atoms in total. The van der Waals surface area contributed by atoms with Crippen LogP contribution in [0.3, 0.4) is 0 Å². The van der Waals surface area contributed by atoms with Crippen LogP contribution < -0.4 is 5.32 Å².